The highest BCUT2D eigenvalue weighted by Gasteiger charge is 2.18. The fourth-order valence-corrected chi connectivity index (χ4v) is 3.98. The molecule has 0 unspecified atom stereocenters. The van der Waals surface area contributed by atoms with E-state index in [1.807, 2.05) is 42.5 Å². The average molecular weight is 422 g/mol. The Morgan fingerprint density at radius 3 is 1.97 bits per heavy atom. The lowest BCUT2D eigenvalue weighted by atomic mass is 10.0. The summed E-state index contributed by atoms with van der Waals surface area (Å²) in [6, 6.07) is 26.5. The highest BCUT2D eigenvalue weighted by atomic mass is 16.5. The van der Waals surface area contributed by atoms with Crippen LogP contribution in [0.4, 0.5) is 0 Å². The van der Waals surface area contributed by atoms with Gasteiger partial charge in [0.15, 0.2) is 0 Å². The lowest BCUT2D eigenvalue weighted by Crippen LogP contribution is -1.99. The molecule has 0 atom stereocenters. The minimum Gasteiger partial charge on any atom is -0.497 e. The lowest BCUT2D eigenvalue weighted by molar-refractivity contribution is 0.415. The summed E-state index contributed by atoms with van der Waals surface area (Å²) in [4.78, 5) is 9.36. The van der Waals surface area contributed by atoms with Gasteiger partial charge in [-0.3, -0.25) is 0 Å². The van der Waals surface area contributed by atoms with Gasteiger partial charge in [-0.1, -0.05) is 42.5 Å². The molecule has 0 bridgehead atoms. The van der Waals surface area contributed by atoms with Crippen molar-refractivity contribution in [1.82, 2.24) is 14.5 Å². The molecular formula is C27H23N3O2. The monoisotopic (exact) mass is 421 g/mol. The van der Waals surface area contributed by atoms with Crippen LogP contribution >= 0.6 is 0 Å². The molecule has 0 fully saturated rings. The molecule has 0 aliphatic rings. The lowest BCUT2D eigenvalue weighted by Gasteiger charge is -2.08. The molecule has 3 aromatic carbocycles. The molecule has 0 saturated carbocycles. The SMILES string of the molecule is COc1ccc(-c2cn(Cc3ccccc3)c3ncnc(-c4ccc(OC)cc4)c23)cc1. The first-order valence-electron chi connectivity index (χ1n) is 10.4. The molecular weight excluding hydrogens is 398 g/mol. The van der Waals surface area contributed by atoms with Gasteiger partial charge in [-0.15, -0.1) is 0 Å². The fourth-order valence-electron chi connectivity index (χ4n) is 3.98. The summed E-state index contributed by atoms with van der Waals surface area (Å²) in [6.07, 6.45) is 3.81. The van der Waals surface area contributed by atoms with Gasteiger partial charge in [0.25, 0.3) is 0 Å². The third kappa shape index (κ3) is 3.69. The van der Waals surface area contributed by atoms with E-state index in [1.165, 1.54) is 5.56 Å². The van der Waals surface area contributed by atoms with E-state index >= 15 is 0 Å². The van der Waals surface area contributed by atoms with Gasteiger partial charge in [-0.05, 0) is 47.5 Å². The van der Waals surface area contributed by atoms with E-state index in [1.54, 1.807) is 20.5 Å². The third-order valence-corrected chi connectivity index (χ3v) is 5.61. The van der Waals surface area contributed by atoms with Crippen molar-refractivity contribution < 1.29 is 9.47 Å². The first-order chi connectivity index (χ1) is 15.8. The second-order valence-corrected chi connectivity index (χ2v) is 7.53. The molecule has 32 heavy (non-hydrogen) atoms. The number of ether oxygens (including phenoxy) is 2. The molecule has 5 aromatic rings. The van der Waals surface area contributed by atoms with E-state index in [-0.39, 0.29) is 0 Å². The summed E-state index contributed by atoms with van der Waals surface area (Å²) in [6.45, 7) is 0.729. The average Bonchev–Trinajstić information content (AvgIpc) is 3.23. The molecule has 0 spiro atoms. The quantitative estimate of drug-likeness (QED) is 0.346. The Kier molecular flexibility index (Phi) is 5.30. The number of benzene rings is 3. The summed E-state index contributed by atoms with van der Waals surface area (Å²) < 4.78 is 12.9. The largest absolute Gasteiger partial charge is 0.497 e. The Balaban J connectivity index is 1.71. The van der Waals surface area contributed by atoms with E-state index in [0.717, 1.165) is 51.5 Å². The van der Waals surface area contributed by atoms with Gasteiger partial charge in [-0.2, -0.15) is 0 Å². The van der Waals surface area contributed by atoms with Gasteiger partial charge in [0, 0.05) is 23.9 Å². The number of hydrogen-bond donors (Lipinski definition) is 0. The van der Waals surface area contributed by atoms with Crippen LogP contribution in [0.25, 0.3) is 33.4 Å². The smallest absolute Gasteiger partial charge is 0.144 e. The van der Waals surface area contributed by atoms with Crippen LogP contribution in [-0.4, -0.2) is 28.8 Å². The van der Waals surface area contributed by atoms with E-state index in [9.17, 15) is 0 Å². The Bertz CT molecular complexity index is 1340. The van der Waals surface area contributed by atoms with E-state index in [0.29, 0.717) is 0 Å². The Labute approximate surface area is 186 Å². The van der Waals surface area contributed by atoms with Crippen molar-refractivity contribution in [2.75, 3.05) is 14.2 Å². The van der Waals surface area contributed by atoms with Crippen LogP contribution in [0.5, 0.6) is 11.5 Å². The Morgan fingerprint density at radius 2 is 1.34 bits per heavy atom. The first kappa shape index (κ1) is 19.8. The first-order valence-corrected chi connectivity index (χ1v) is 10.4. The van der Waals surface area contributed by atoms with Crippen molar-refractivity contribution in [2.24, 2.45) is 0 Å². The van der Waals surface area contributed by atoms with Crippen molar-refractivity contribution in [3.05, 3.63) is 97.0 Å². The number of hydrogen-bond acceptors (Lipinski definition) is 4. The van der Waals surface area contributed by atoms with Crippen LogP contribution in [0, 0.1) is 0 Å². The van der Waals surface area contributed by atoms with Crippen LogP contribution < -0.4 is 9.47 Å². The van der Waals surface area contributed by atoms with Crippen LogP contribution in [0.2, 0.25) is 0 Å². The van der Waals surface area contributed by atoms with E-state index in [4.69, 9.17) is 9.47 Å². The maximum atomic E-state index is 5.35. The highest BCUT2D eigenvalue weighted by molar-refractivity contribution is 6.03. The summed E-state index contributed by atoms with van der Waals surface area (Å²) in [7, 11) is 3.35. The molecule has 0 radical (unpaired) electrons. The van der Waals surface area contributed by atoms with Gasteiger partial charge < -0.3 is 14.0 Å². The minimum absolute atomic E-state index is 0.729. The topological polar surface area (TPSA) is 49.2 Å². The zero-order valence-electron chi connectivity index (χ0n) is 18.0. The maximum absolute atomic E-state index is 5.35. The zero-order chi connectivity index (χ0) is 21.9. The number of aromatic nitrogens is 3. The van der Waals surface area contributed by atoms with Crippen LogP contribution in [-0.2, 0) is 6.54 Å². The minimum atomic E-state index is 0.729. The Hall–Kier alpha value is -4.12. The van der Waals surface area contributed by atoms with Crippen LogP contribution in [0.3, 0.4) is 0 Å². The molecule has 5 rings (SSSR count). The van der Waals surface area contributed by atoms with Crippen LogP contribution in [0.1, 0.15) is 5.56 Å². The van der Waals surface area contributed by atoms with Gasteiger partial charge in [0.1, 0.15) is 23.5 Å². The van der Waals surface area contributed by atoms with Crippen molar-refractivity contribution >= 4 is 11.0 Å². The summed E-state index contributed by atoms with van der Waals surface area (Å²) in [5.41, 5.74) is 6.22. The summed E-state index contributed by atoms with van der Waals surface area (Å²) in [5.74, 6) is 1.64. The predicted molar refractivity (Wildman–Crippen MR) is 127 cm³/mol. The fraction of sp³-hybridized carbons (Fsp3) is 0.111. The predicted octanol–water partition coefficient (Wildman–Crippen LogP) is 5.83. The summed E-state index contributed by atoms with van der Waals surface area (Å²) in [5, 5.41) is 1.03. The molecule has 0 N–H and O–H groups in total. The van der Waals surface area contributed by atoms with Crippen molar-refractivity contribution in [2.45, 2.75) is 6.54 Å². The van der Waals surface area contributed by atoms with Crippen molar-refractivity contribution in [1.29, 1.82) is 0 Å². The molecule has 2 aromatic heterocycles. The number of methoxy groups -OCH3 is 2. The van der Waals surface area contributed by atoms with Gasteiger partial charge in [-0.25, -0.2) is 9.97 Å². The summed E-state index contributed by atoms with van der Waals surface area (Å²) >= 11 is 0. The Morgan fingerprint density at radius 1 is 0.719 bits per heavy atom. The van der Waals surface area contributed by atoms with E-state index in [2.05, 4.69) is 57.1 Å². The molecule has 0 saturated heterocycles. The maximum Gasteiger partial charge on any atom is 0.144 e. The molecule has 0 aliphatic carbocycles. The van der Waals surface area contributed by atoms with Gasteiger partial charge >= 0.3 is 0 Å². The second kappa shape index (κ2) is 8.55. The van der Waals surface area contributed by atoms with Crippen molar-refractivity contribution in [3.63, 3.8) is 0 Å². The number of fused-ring (bicyclic) bond motifs is 1. The highest BCUT2D eigenvalue weighted by Crippen LogP contribution is 2.37. The zero-order valence-corrected chi connectivity index (χ0v) is 18.0. The van der Waals surface area contributed by atoms with Crippen LogP contribution in [0.15, 0.2) is 91.4 Å². The molecule has 5 nitrogen and oxygen atoms in total. The molecule has 5 heteroatoms. The number of nitrogens with zero attached hydrogens (tertiary/aromatic N) is 3. The third-order valence-electron chi connectivity index (χ3n) is 5.61. The normalized spacial score (nSPS) is 10.9. The molecule has 0 aliphatic heterocycles. The van der Waals surface area contributed by atoms with Gasteiger partial charge in [0.2, 0.25) is 0 Å². The second-order valence-electron chi connectivity index (χ2n) is 7.53. The molecule has 0 amide bonds. The standard InChI is InChI=1S/C27H23N3O2/c1-31-22-12-8-20(9-13-22)24-17-30(16-19-6-4-3-5-7-19)27-25(24)26(28-18-29-27)21-10-14-23(32-2)15-11-21/h3-15,17-18H,16H2,1-2H3. The number of rotatable bonds is 6. The van der Waals surface area contributed by atoms with Crippen molar-refractivity contribution in [3.8, 4) is 33.9 Å². The van der Waals surface area contributed by atoms with E-state index < -0.39 is 0 Å². The molecule has 2 heterocycles. The van der Waals surface area contributed by atoms with Gasteiger partial charge in [0.05, 0.1) is 25.3 Å². The molecule has 158 valence electrons.